The highest BCUT2D eigenvalue weighted by atomic mass is 32.1. The Morgan fingerprint density at radius 1 is 1.21 bits per heavy atom. The van der Waals surface area contributed by atoms with Crippen molar-refractivity contribution >= 4 is 17.2 Å². The molecule has 0 aliphatic rings. The van der Waals surface area contributed by atoms with E-state index < -0.39 is 0 Å². The number of para-hydroxylation sites is 1. The van der Waals surface area contributed by atoms with E-state index in [2.05, 4.69) is 0 Å². The molecule has 0 bridgehead atoms. The van der Waals surface area contributed by atoms with Crippen LogP contribution in [-0.4, -0.2) is 16.2 Å². The molecule has 5 heteroatoms. The molecule has 0 unspecified atom stereocenters. The summed E-state index contributed by atoms with van der Waals surface area (Å²) >= 11 is 1.52. The molecule has 0 aliphatic heterocycles. The van der Waals surface area contributed by atoms with E-state index in [4.69, 9.17) is 4.74 Å². The van der Waals surface area contributed by atoms with Crippen molar-refractivity contribution < 1.29 is 14.7 Å². The molecule has 0 saturated carbocycles. The molecule has 0 spiro atoms. The maximum Gasteiger partial charge on any atom is 0.243 e. The van der Waals surface area contributed by atoms with Crippen LogP contribution in [0.2, 0.25) is 0 Å². The van der Waals surface area contributed by atoms with Gasteiger partial charge in [0.05, 0.1) is 6.54 Å². The number of hydrogen-bond donors (Lipinski definition) is 1. The van der Waals surface area contributed by atoms with Crippen LogP contribution in [0.3, 0.4) is 0 Å². The Morgan fingerprint density at radius 2 is 1.89 bits per heavy atom. The fourth-order valence-corrected chi connectivity index (χ4v) is 2.43. The number of carbonyl (C=O) groups is 1. The van der Waals surface area contributed by atoms with Gasteiger partial charge in [-0.15, -0.1) is 11.3 Å². The number of rotatable bonds is 5. The van der Waals surface area contributed by atoms with Gasteiger partial charge in [0.1, 0.15) is 12.4 Å². The van der Waals surface area contributed by atoms with Crippen LogP contribution < -0.4 is 4.74 Å². The zero-order valence-corrected chi connectivity index (χ0v) is 11.4. The number of nitrogens with zero attached hydrogens (tertiary/aromatic N) is 1. The summed E-state index contributed by atoms with van der Waals surface area (Å²) in [5.41, 5.74) is 0. The molecule has 0 atom stereocenters. The minimum Gasteiger partial charge on any atom is -0.488 e. The lowest BCUT2D eigenvalue weighted by Gasteiger charge is -2.10. The van der Waals surface area contributed by atoms with Gasteiger partial charge in [-0.25, -0.2) is 5.06 Å². The Bertz CT molecular complexity index is 539. The molecule has 1 amide bonds. The zero-order valence-electron chi connectivity index (χ0n) is 10.6. The summed E-state index contributed by atoms with van der Waals surface area (Å²) in [5, 5.41) is 10.1. The van der Waals surface area contributed by atoms with E-state index in [0.717, 1.165) is 15.5 Å². The van der Waals surface area contributed by atoms with Crippen molar-refractivity contribution in [3.8, 4) is 5.75 Å². The van der Waals surface area contributed by atoms with Gasteiger partial charge >= 0.3 is 0 Å². The van der Waals surface area contributed by atoms with Crippen molar-refractivity contribution in [2.45, 2.75) is 20.1 Å². The standard InChI is InChI=1S/C14H15NO3S/c1-11(16)15(17)9-13-7-8-14(19-13)10-18-12-5-3-2-4-6-12/h2-8,17H,9-10H2,1H3. The van der Waals surface area contributed by atoms with Crippen LogP contribution in [0.15, 0.2) is 42.5 Å². The van der Waals surface area contributed by atoms with E-state index in [1.807, 2.05) is 42.5 Å². The van der Waals surface area contributed by atoms with E-state index in [-0.39, 0.29) is 12.5 Å². The number of ether oxygens (including phenoxy) is 1. The van der Waals surface area contributed by atoms with E-state index in [9.17, 15) is 10.0 Å². The van der Waals surface area contributed by atoms with Crippen LogP contribution in [0.1, 0.15) is 16.7 Å². The minimum atomic E-state index is -0.365. The molecule has 1 N–H and O–H groups in total. The SMILES string of the molecule is CC(=O)N(O)Cc1ccc(COc2ccccc2)s1. The average molecular weight is 277 g/mol. The molecular formula is C14H15NO3S. The van der Waals surface area contributed by atoms with Gasteiger partial charge in [-0.1, -0.05) is 18.2 Å². The lowest BCUT2D eigenvalue weighted by atomic mass is 10.3. The Labute approximate surface area is 115 Å². The molecular weight excluding hydrogens is 262 g/mol. The monoisotopic (exact) mass is 277 g/mol. The van der Waals surface area contributed by atoms with Gasteiger partial charge in [-0.3, -0.25) is 10.0 Å². The number of amides is 1. The second-order valence-corrected chi connectivity index (χ2v) is 5.30. The van der Waals surface area contributed by atoms with Crippen molar-refractivity contribution in [3.63, 3.8) is 0 Å². The Morgan fingerprint density at radius 3 is 2.58 bits per heavy atom. The first-order valence-corrected chi connectivity index (χ1v) is 6.69. The average Bonchev–Trinajstić information content (AvgIpc) is 2.85. The van der Waals surface area contributed by atoms with Gasteiger partial charge < -0.3 is 4.74 Å². The molecule has 1 aromatic heterocycles. The molecule has 0 aliphatic carbocycles. The molecule has 4 nitrogen and oxygen atoms in total. The van der Waals surface area contributed by atoms with Crippen molar-refractivity contribution in [1.82, 2.24) is 5.06 Å². The maximum absolute atomic E-state index is 10.9. The lowest BCUT2D eigenvalue weighted by molar-refractivity contribution is -0.165. The van der Waals surface area contributed by atoms with Crippen LogP contribution in [0.4, 0.5) is 0 Å². The van der Waals surface area contributed by atoms with Crippen LogP contribution in [-0.2, 0) is 17.9 Å². The van der Waals surface area contributed by atoms with Crippen LogP contribution in [0.5, 0.6) is 5.75 Å². The van der Waals surface area contributed by atoms with Crippen LogP contribution in [0.25, 0.3) is 0 Å². The summed E-state index contributed by atoms with van der Waals surface area (Å²) < 4.78 is 5.63. The van der Waals surface area contributed by atoms with Gasteiger partial charge in [0.15, 0.2) is 0 Å². The smallest absolute Gasteiger partial charge is 0.243 e. The van der Waals surface area contributed by atoms with Gasteiger partial charge in [-0.05, 0) is 24.3 Å². The van der Waals surface area contributed by atoms with Gasteiger partial charge in [-0.2, -0.15) is 0 Å². The molecule has 1 heterocycles. The number of hydroxylamine groups is 2. The number of hydrogen-bond acceptors (Lipinski definition) is 4. The first-order chi connectivity index (χ1) is 9.15. The summed E-state index contributed by atoms with van der Waals surface area (Å²) in [5.74, 6) is 0.459. The highest BCUT2D eigenvalue weighted by Gasteiger charge is 2.08. The maximum atomic E-state index is 10.9. The van der Waals surface area contributed by atoms with Crippen molar-refractivity contribution in [3.05, 3.63) is 52.2 Å². The van der Waals surface area contributed by atoms with E-state index in [1.165, 1.54) is 18.3 Å². The summed E-state index contributed by atoms with van der Waals surface area (Å²) in [7, 11) is 0. The topological polar surface area (TPSA) is 49.8 Å². The molecule has 2 rings (SSSR count). The van der Waals surface area contributed by atoms with Crippen molar-refractivity contribution in [2.75, 3.05) is 0 Å². The molecule has 0 fully saturated rings. The fraction of sp³-hybridized carbons (Fsp3) is 0.214. The summed E-state index contributed by atoms with van der Waals surface area (Å²) in [6.45, 7) is 2.03. The molecule has 0 saturated heterocycles. The fourth-order valence-electron chi connectivity index (χ4n) is 1.51. The minimum absolute atomic E-state index is 0.214. The first-order valence-electron chi connectivity index (χ1n) is 5.87. The largest absolute Gasteiger partial charge is 0.488 e. The number of benzene rings is 1. The second-order valence-electron chi connectivity index (χ2n) is 4.05. The highest BCUT2D eigenvalue weighted by Crippen LogP contribution is 2.20. The number of carbonyl (C=O) groups excluding carboxylic acids is 1. The van der Waals surface area contributed by atoms with Crippen LogP contribution >= 0.6 is 11.3 Å². The van der Waals surface area contributed by atoms with Crippen molar-refractivity contribution in [2.24, 2.45) is 0 Å². The molecule has 19 heavy (non-hydrogen) atoms. The molecule has 2 aromatic rings. The van der Waals surface area contributed by atoms with Gasteiger partial charge in [0.2, 0.25) is 5.91 Å². The molecule has 1 aromatic carbocycles. The van der Waals surface area contributed by atoms with Crippen LogP contribution in [0, 0.1) is 0 Å². The first kappa shape index (κ1) is 13.6. The predicted molar refractivity (Wildman–Crippen MR) is 73.1 cm³/mol. The highest BCUT2D eigenvalue weighted by molar-refractivity contribution is 7.11. The predicted octanol–water partition coefficient (Wildman–Crippen LogP) is 3.06. The molecule has 100 valence electrons. The Balaban J connectivity index is 1.89. The van der Waals surface area contributed by atoms with Gasteiger partial charge in [0, 0.05) is 16.7 Å². The summed E-state index contributed by atoms with van der Waals surface area (Å²) in [6, 6.07) is 13.4. The van der Waals surface area contributed by atoms with Gasteiger partial charge in [0.25, 0.3) is 0 Å². The quantitative estimate of drug-likeness (QED) is 0.675. The zero-order chi connectivity index (χ0) is 13.7. The Kier molecular flexibility index (Phi) is 4.54. The third-order valence-corrected chi connectivity index (χ3v) is 3.55. The summed E-state index contributed by atoms with van der Waals surface area (Å²) in [6.07, 6.45) is 0. The van der Waals surface area contributed by atoms with E-state index in [1.54, 1.807) is 0 Å². The number of thiophene rings is 1. The summed E-state index contributed by atoms with van der Waals surface area (Å²) in [4.78, 5) is 12.9. The third-order valence-electron chi connectivity index (χ3n) is 2.51. The van der Waals surface area contributed by atoms with E-state index >= 15 is 0 Å². The van der Waals surface area contributed by atoms with Crippen molar-refractivity contribution in [1.29, 1.82) is 0 Å². The normalized spacial score (nSPS) is 10.2. The Hall–Kier alpha value is -1.85. The van der Waals surface area contributed by atoms with E-state index in [0.29, 0.717) is 11.7 Å². The third kappa shape index (κ3) is 4.08. The molecule has 0 radical (unpaired) electrons. The second kappa shape index (κ2) is 6.36. The lowest BCUT2D eigenvalue weighted by Crippen LogP contribution is -2.23.